The molecule has 0 bridgehead atoms. The van der Waals surface area contributed by atoms with Crippen LogP contribution in [0.25, 0.3) is 0 Å². The van der Waals surface area contributed by atoms with E-state index in [-0.39, 0.29) is 22.1 Å². The molecule has 2 saturated heterocycles. The number of hydrogen-bond acceptors (Lipinski definition) is 4. The summed E-state index contributed by atoms with van der Waals surface area (Å²) in [6.07, 6.45) is 0.844. The minimum absolute atomic E-state index is 0.112. The average Bonchev–Trinajstić information content (AvgIpc) is 2.47. The van der Waals surface area contributed by atoms with Gasteiger partial charge in [0.2, 0.25) is 10.0 Å². The number of hydrogen-bond donors (Lipinski definition) is 0. The summed E-state index contributed by atoms with van der Waals surface area (Å²) in [5, 5.41) is 0.287. The van der Waals surface area contributed by atoms with Gasteiger partial charge in [0.1, 0.15) is 4.90 Å². The molecule has 1 aromatic rings. The first-order valence-electron chi connectivity index (χ1n) is 7.48. The van der Waals surface area contributed by atoms with Crippen molar-refractivity contribution >= 4 is 21.6 Å². The molecule has 2 aliphatic heterocycles. The van der Waals surface area contributed by atoms with Crippen LogP contribution in [0.1, 0.15) is 12.0 Å². The van der Waals surface area contributed by atoms with E-state index in [1.165, 1.54) is 4.31 Å². The predicted octanol–water partition coefficient (Wildman–Crippen LogP) is 1.74. The van der Waals surface area contributed by atoms with Gasteiger partial charge in [-0.25, -0.2) is 8.42 Å². The van der Waals surface area contributed by atoms with Crippen LogP contribution < -0.4 is 0 Å². The van der Waals surface area contributed by atoms with E-state index < -0.39 is 10.0 Å². The van der Waals surface area contributed by atoms with E-state index in [2.05, 4.69) is 4.90 Å². The molecular weight excluding hydrogens is 324 g/mol. The van der Waals surface area contributed by atoms with Gasteiger partial charge in [-0.3, -0.25) is 4.90 Å². The standard InChI is InChI=1S/C15H21ClN2O3S/c1-11-3-4-15(12(16)9-11)22(19,20)18-6-5-14-13(10-18)17(2)7-8-21-14/h3-4,9,13-14H,5-8,10H2,1-2H3/t13-,14-/m1/s1. The molecule has 2 heterocycles. The number of sulfonamides is 1. The Bertz CT molecular complexity index is 665. The molecule has 2 aliphatic rings. The van der Waals surface area contributed by atoms with Crippen LogP contribution >= 0.6 is 11.6 Å². The molecule has 122 valence electrons. The SMILES string of the molecule is Cc1ccc(S(=O)(=O)N2CC[C@H]3OCCN(C)[C@@H]3C2)c(Cl)c1. The third-order valence-electron chi connectivity index (χ3n) is 4.53. The molecule has 7 heteroatoms. The predicted molar refractivity (Wildman–Crippen MR) is 85.7 cm³/mol. The lowest BCUT2D eigenvalue weighted by Crippen LogP contribution is -2.59. The number of benzene rings is 1. The van der Waals surface area contributed by atoms with Crippen molar-refractivity contribution in [2.24, 2.45) is 0 Å². The summed E-state index contributed by atoms with van der Waals surface area (Å²) in [6.45, 7) is 4.37. The molecule has 5 nitrogen and oxygen atoms in total. The lowest BCUT2D eigenvalue weighted by molar-refractivity contribution is -0.0840. The van der Waals surface area contributed by atoms with Gasteiger partial charge >= 0.3 is 0 Å². The van der Waals surface area contributed by atoms with Crippen LogP contribution in [0.15, 0.2) is 23.1 Å². The first kappa shape index (κ1) is 16.2. The van der Waals surface area contributed by atoms with Crippen LogP contribution in [-0.4, -0.2) is 63.1 Å². The van der Waals surface area contributed by atoms with Crippen molar-refractivity contribution in [2.75, 3.05) is 33.3 Å². The fraction of sp³-hybridized carbons (Fsp3) is 0.600. The molecule has 0 spiro atoms. The Hall–Kier alpha value is -0.660. The molecule has 0 amide bonds. The monoisotopic (exact) mass is 344 g/mol. The molecule has 2 atom stereocenters. The third-order valence-corrected chi connectivity index (χ3v) is 6.88. The zero-order valence-electron chi connectivity index (χ0n) is 12.8. The minimum Gasteiger partial charge on any atom is -0.375 e. The van der Waals surface area contributed by atoms with Gasteiger partial charge in [0.25, 0.3) is 0 Å². The van der Waals surface area contributed by atoms with Crippen molar-refractivity contribution in [3.63, 3.8) is 0 Å². The molecular formula is C15H21ClN2O3S. The molecule has 1 aromatic carbocycles. The van der Waals surface area contributed by atoms with E-state index in [4.69, 9.17) is 16.3 Å². The molecule has 0 N–H and O–H groups in total. The topological polar surface area (TPSA) is 49.9 Å². The largest absolute Gasteiger partial charge is 0.375 e. The second-order valence-corrected chi connectivity index (χ2v) is 8.36. The lowest BCUT2D eigenvalue weighted by atomic mass is 10.0. The van der Waals surface area contributed by atoms with E-state index in [9.17, 15) is 8.42 Å². The van der Waals surface area contributed by atoms with Crippen LogP contribution in [0.4, 0.5) is 0 Å². The number of halogens is 1. The molecule has 2 fully saturated rings. The molecule has 22 heavy (non-hydrogen) atoms. The summed E-state index contributed by atoms with van der Waals surface area (Å²) in [5.74, 6) is 0. The summed E-state index contributed by atoms with van der Waals surface area (Å²) >= 11 is 6.16. The van der Waals surface area contributed by atoms with Gasteiger partial charge in [-0.1, -0.05) is 17.7 Å². The first-order chi connectivity index (χ1) is 10.4. The smallest absolute Gasteiger partial charge is 0.244 e. The summed E-state index contributed by atoms with van der Waals surface area (Å²) in [5.41, 5.74) is 0.947. The van der Waals surface area contributed by atoms with Crippen LogP contribution in [0.2, 0.25) is 5.02 Å². The van der Waals surface area contributed by atoms with Crippen LogP contribution in [-0.2, 0) is 14.8 Å². The maximum absolute atomic E-state index is 12.9. The van der Waals surface area contributed by atoms with Crippen molar-refractivity contribution < 1.29 is 13.2 Å². The fourth-order valence-electron chi connectivity index (χ4n) is 3.19. The molecule has 0 unspecified atom stereocenters. The highest BCUT2D eigenvalue weighted by molar-refractivity contribution is 7.89. The van der Waals surface area contributed by atoms with Crippen molar-refractivity contribution in [1.82, 2.24) is 9.21 Å². The first-order valence-corrected chi connectivity index (χ1v) is 9.29. The number of ether oxygens (including phenoxy) is 1. The fourth-order valence-corrected chi connectivity index (χ4v) is 5.23. The molecule has 0 aromatic heterocycles. The number of aryl methyl sites for hydroxylation is 1. The van der Waals surface area contributed by atoms with E-state index in [1.54, 1.807) is 18.2 Å². The van der Waals surface area contributed by atoms with E-state index >= 15 is 0 Å². The number of morpholine rings is 1. The maximum atomic E-state index is 12.9. The van der Waals surface area contributed by atoms with Gasteiger partial charge < -0.3 is 4.74 Å². The number of piperidine rings is 1. The van der Waals surface area contributed by atoms with Gasteiger partial charge in [-0.15, -0.1) is 0 Å². The van der Waals surface area contributed by atoms with E-state index in [1.807, 2.05) is 14.0 Å². The molecule has 0 aliphatic carbocycles. The summed E-state index contributed by atoms with van der Waals surface area (Å²) < 4.78 is 33.1. The van der Waals surface area contributed by atoms with Crippen LogP contribution in [0.5, 0.6) is 0 Å². The minimum atomic E-state index is -3.56. The zero-order chi connectivity index (χ0) is 15.9. The number of likely N-dealkylation sites (N-methyl/N-ethyl adjacent to an activating group) is 1. The Morgan fingerprint density at radius 3 is 2.82 bits per heavy atom. The van der Waals surface area contributed by atoms with Gasteiger partial charge in [0.05, 0.1) is 17.7 Å². The molecule has 3 rings (SSSR count). The Morgan fingerprint density at radius 2 is 2.09 bits per heavy atom. The van der Waals surface area contributed by atoms with Crippen LogP contribution in [0, 0.1) is 6.92 Å². The second-order valence-electron chi connectivity index (χ2n) is 6.04. The molecule has 0 saturated carbocycles. The Labute approximate surface area is 136 Å². The van der Waals surface area contributed by atoms with Crippen LogP contribution in [0.3, 0.4) is 0 Å². The van der Waals surface area contributed by atoms with E-state index in [0.717, 1.165) is 18.5 Å². The highest BCUT2D eigenvalue weighted by atomic mass is 35.5. The highest BCUT2D eigenvalue weighted by Gasteiger charge is 2.40. The van der Waals surface area contributed by atoms with Gasteiger partial charge in [0, 0.05) is 25.7 Å². The Balaban J connectivity index is 1.86. The average molecular weight is 345 g/mol. The van der Waals surface area contributed by atoms with Gasteiger partial charge in [0.15, 0.2) is 0 Å². The molecule has 0 radical (unpaired) electrons. The zero-order valence-corrected chi connectivity index (χ0v) is 14.4. The van der Waals surface area contributed by atoms with E-state index in [0.29, 0.717) is 19.7 Å². The maximum Gasteiger partial charge on any atom is 0.244 e. The number of rotatable bonds is 2. The quantitative estimate of drug-likeness (QED) is 0.820. The second kappa shape index (κ2) is 6.09. The summed E-state index contributed by atoms with van der Waals surface area (Å²) in [4.78, 5) is 2.38. The third kappa shape index (κ3) is 2.90. The summed E-state index contributed by atoms with van der Waals surface area (Å²) in [6, 6.07) is 5.18. The normalized spacial score (nSPS) is 27.6. The van der Waals surface area contributed by atoms with Gasteiger partial charge in [-0.05, 0) is 38.1 Å². The number of nitrogens with zero attached hydrogens (tertiary/aromatic N) is 2. The Morgan fingerprint density at radius 1 is 1.32 bits per heavy atom. The highest BCUT2D eigenvalue weighted by Crippen LogP contribution is 2.30. The van der Waals surface area contributed by atoms with Crippen molar-refractivity contribution in [2.45, 2.75) is 30.4 Å². The van der Waals surface area contributed by atoms with Crippen molar-refractivity contribution in [3.05, 3.63) is 28.8 Å². The Kier molecular flexibility index (Phi) is 4.49. The van der Waals surface area contributed by atoms with Gasteiger partial charge in [-0.2, -0.15) is 4.31 Å². The van der Waals surface area contributed by atoms with Crippen molar-refractivity contribution in [1.29, 1.82) is 0 Å². The van der Waals surface area contributed by atoms with Crippen molar-refractivity contribution in [3.8, 4) is 0 Å². The lowest BCUT2D eigenvalue weighted by Gasteiger charge is -2.45. The number of fused-ring (bicyclic) bond motifs is 1. The summed E-state index contributed by atoms with van der Waals surface area (Å²) in [7, 11) is -1.54.